The highest BCUT2D eigenvalue weighted by Crippen LogP contribution is 2.32. The number of nitrogens with one attached hydrogen (secondary N) is 1. The van der Waals surface area contributed by atoms with Gasteiger partial charge in [-0.15, -0.1) is 0 Å². The third-order valence-electron chi connectivity index (χ3n) is 2.87. The van der Waals surface area contributed by atoms with E-state index in [1.54, 1.807) is 11.9 Å². The minimum absolute atomic E-state index is 0.0824. The van der Waals surface area contributed by atoms with Crippen molar-refractivity contribution in [3.63, 3.8) is 0 Å². The van der Waals surface area contributed by atoms with E-state index in [1.165, 1.54) is 7.11 Å². The molecule has 1 fully saturated rings. The predicted molar refractivity (Wildman–Crippen MR) is 74.5 cm³/mol. The Morgan fingerprint density at radius 2 is 2.35 bits per heavy atom. The standard InChI is InChI=1S/C11H14ClN3O4S/c1-13-9(16)6-5-19-4-3-15(6)11-14-8(12)7(20-11)10(17)18-2/h6H,3-5H2,1-2H3,(H,13,16). The molecule has 20 heavy (non-hydrogen) atoms. The Morgan fingerprint density at radius 3 is 3.00 bits per heavy atom. The van der Waals surface area contributed by atoms with Gasteiger partial charge in [0.25, 0.3) is 0 Å². The third kappa shape index (κ3) is 2.87. The Labute approximate surface area is 124 Å². The van der Waals surface area contributed by atoms with Gasteiger partial charge in [0.15, 0.2) is 15.2 Å². The maximum Gasteiger partial charge on any atom is 0.351 e. The lowest BCUT2D eigenvalue weighted by Crippen LogP contribution is -2.53. The molecular formula is C11H14ClN3O4S. The average Bonchev–Trinajstić information content (AvgIpc) is 2.87. The number of amides is 1. The Morgan fingerprint density at radius 1 is 1.60 bits per heavy atom. The van der Waals surface area contributed by atoms with Gasteiger partial charge in [-0.1, -0.05) is 22.9 Å². The second-order valence-corrected chi connectivity index (χ2v) is 5.34. The summed E-state index contributed by atoms with van der Waals surface area (Å²) < 4.78 is 9.95. The molecule has 2 rings (SSSR count). The first-order valence-electron chi connectivity index (χ1n) is 5.89. The van der Waals surface area contributed by atoms with E-state index < -0.39 is 12.0 Å². The quantitative estimate of drug-likeness (QED) is 0.819. The Kier molecular flexibility index (Phi) is 4.79. The number of carbonyl (C=O) groups is 2. The lowest BCUT2D eigenvalue weighted by molar-refractivity contribution is -0.124. The van der Waals surface area contributed by atoms with Gasteiger partial charge in [0.1, 0.15) is 6.04 Å². The first-order valence-corrected chi connectivity index (χ1v) is 7.08. The molecule has 1 unspecified atom stereocenters. The van der Waals surface area contributed by atoms with Crippen LogP contribution < -0.4 is 10.2 Å². The summed E-state index contributed by atoms with van der Waals surface area (Å²) in [5.41, 5.74) is 0. The number of carbonyl (C=O) groups excluding carboxylic acids is 2. The number of thiazole rings is 1. The minimum Gasteiger partial charge on any atom is -0.465 e. The number of likely N-dealkylation sites (N-methyl/N-ethyl adjacent to an activating group) is 1. The molecule has 110 valence electrons. The van der Waals surface area contributed by atoms with Crippen LogP contribution in [0.4, 0.5) is 5.13 Å². The van der Waals surface area contributed by atoms with Crippen molar-refractivity contribution in [1.82, 2.24) is 10.3 Å². The molecule has 0 bridgehead atoms. The molecule has 1 atom stereocenters. The smallest absolute Gasteiger partial charge is 0.351 e. The van der Waals surface area contributed by atoms with Crippen molar-refractivity contribution in [3.8, 4) is 0 Å². The van der Waals surface area contributed by atoms with Gasteiger partial charge in [0, 0.05) is 13.6 Å². The Bertz CT molecular complexity index is 522. The van der Waals surface area contributed by atoms with Crippen LogP contribution in [0.5, 0.6) is 0 Å². The molecule has 1 saturated heterocycles. The molecule has 0 aliphatic carbocycles. The van der Waals surface area contributed by atoms with Gasteiger partial charge >= 0.3 is 5.97 Å². The van der Waals surface area contributed by atoms with Crippen molar-refractivity contribution in [1.29, 1.82) is 0 Å². The first kappa shape index (κ1) is 15.0. The fraction of sp³-hybridized carbons (Fsp3) is 0.545. The van der Waals surface area contributed by atoms with Gasteiger partial charge in [-0.3, -0.25) is 4.79 Å². The number of hydrogen-bond acceptors (Lipinski definition) is 7. The predicted octanol–water partition coefficient (Wildman–Crippen LogP) is 0.534. The summed E-state index contributed by atoms with van der Waals surface area (Å²) in [4.78, 5) is 29.5. The largest absolute Gasteiger partial charge is 0.465 e. The van der Waals surface area contributed by atoms with Crippen molar-refractivity contribution in [3.05, 3.63) is 10.0 Å². The highest BCUT2D eigenvalue weighted by Gasteiger charge is 2.32. The first-order chi connectivity index (χ1) is 9.58. The monoisotopic (exact) mass is 319 g/mol. The number of methoxy groups -OCH3 is 1. The summed E-state index contributed by atoms with van der Waals surface area (Å²) in [6.45, 7) is 1.26. The van der Waals surface area contributed by atoms with Crippen LogP contribution in [0.2, 0.25) is 5.15 Å². The second-order valence-electron chi connectivity index (χ2n) is 4.01. The molecule has 1 amide bonds. The van der Waals surface area contributed by atoms with Crippen LogP contribution in [-0.2, 0) is 14.3 Å². The number of rotatable bonds is 3. The number of anilines is 1. The lowest BCUT2D eigenvalue weighted by atomic mass is 10.2. The van der Waals surface area contributed by atoms with E-state index >= 15 is 0 Å². The number of esters is 1. The van der Waals surface area contributed by atoms with Crippen LogP contribution in [0.3, 0.4) is 0 Å². The summed E-state index contributed by atoms with van der Waals surface area (Å²) in [6, 6.07) is -0.485. The SMILES string of the molecule is CNC(=O)C1COCCN1c1nc(Cl)c(C(=O)OC)s1. The molecule has 1 aliphatic rings. The molecule has 1 aromatic heterocycles. The maximum absolute atomic E-state index is 11.9. The molecule has 0 saturated carbocycles. The Hall–Kier alpha value is -1.38. The van der Waals surface area contributed by atoms with Gasteiger partial charge in [0.2, 0.25) is 5.91 Å². The second kappa shape index (κ2) is 6.38. The van der Waals surface area contributed by atoms with Crippen LogP contribution in [0.15, 0.2) is 0 Å². The lowest BCUT2D eigenvalue weighted by Gasteiger charge is -2.33. The minimum atomic E-state index is -0.538. The average molecular weight is 320 g/mol. The molecule has 9 heteroatoms. The van der Waals surface area contributed by atoms with Crippen LogP contribution in [0.1, 0.15) is 9.67 Å². The zero-order chi connectivity index (χ0) is 14.7. The topological polar surface area (TPSA) is 80.8 Å². The number of halogens is 1. The maximum atomic E-state index is 11.9. The number of ether oxygens (including phenoxy) is 2. The number of morpholine rings is 1. The van der Waals surface area contributed by atoms with Crippen LogP contribution >= 0.6 is 22.9 Å². The van der Waals surface area contributed by atoms with Crippen LogP contribution in [0.25, 0.3) is 0 Å². The molecule has 1 aromatic rings. The fourth-order valence-electron chi connectivity index (χ4n) is 1.85. The summed E-state index contributed by atoms with van der Waals surface area (Å²) in [6.07, 6.45) is 0. The van der Waals surface area contributed by atoms with E-state index in [9.17, 15) is 9.59 Å². The highest BCUT2D eigenvalue weighted by atomic mass is 35.5. The van der Waals surface area contributed by atoms with Gasteiger partial charge in [-0.25, -0.2) is 9.78 Å². The number of aromatic nitrogens is 1. The summed E-state index contributed by atoms with van der Waals surface area (Å²) in [7, 11) is 2.84. The summed E-state index contributed by atoms with van der Waals surface area (Å²) in [5.74, 6) is -0.709. The van der Waals surface area contributed by atoms with E-state index in [4.69, 9.17) is 16.3 Å². The molecule has 1 aliphatic heterocycles. The molecule has 2 heterocycles. The van der Waals surface area contributed by atoms with Crippen LogP contribution in [0, 0.1) is 0 Å². The van der Waals surface area contributed by atoms with E-state index in [-0.39, 0.29) is 22.5 Å². The summed E-state index contributed by atoms with van der Waals surface area (Å²) >= 11 is 7.04. The zero-order valence-corrected chi connectivity index (χ0v) is 12.6. The molecule has 0 radical (unpaired) electrons. The zero-order valence-electron chi connectivity index (χ0n) is 11.0. The molecule has 1 N–H and O–H groups in total. The van der Waals surface area contributed by atoms with Crippen LogP contribution in [-0.4, -0.2) is 56.8 Å². The molecule has 0 spiro atoms. The van der Waals surface area contributed by atoms with E-state index in [0.29, 0.717) is 18.3 Å². The molecule has 0 aromatic carbocycles. The van der Waals surface area contributed by atoms with Gasteiger partial charge in [0.05, 0.1) is 20.3 Å². The molecule has 7 nitrogen and oxygen atoms in total. The normalized spacial score (nSPS) is 18.8. The fourth-order valence-corrected chi connectivity index (χ4v) is 3.12. The molecular weight excluding hydrogens is 306 g/mol. The highest BCUT2D eigenvalue weighted by molar-refractivity contribution is 7.18. The van der Waals surface area contributed by atoms with Gasteiger partial charge in [-0.2, -0.15) is 0 Å². The van der Waals surface area contributed by atoms with Gasteiger partial charge < -0.3 is 19.7 Å². The Balaban J connectivity index is 2.28. The number of hydrogen-bond donors (Lipinski definition) is 1. The van der Waals surface area contributed by atoms with Crippen molar-refractivity contribution in [2.45, 2.75) is 6.04 Å². The van der Waals surface area contributed by atoms with Crippen molar-refractivity contribution >= 4 is 39.9 Å². The van der Waals surface area contributed by atoms with Crippen molar-refractivity contribution in [2.75, 3.05) is 38.8 Å². The van der Waals surface area contributed by atoms with Crippen molar-refractivity contribution < 1.29 is 19.1 Å². The third-order valence-corrected chi connectivity index (χ3v) is 4.33. The summed E-state index contributed by atoms with van der Waals surface area (Å²) in [5, 5.41) is 3.17. The van der Waals surface area contributed by atoms with E-state index in [0.717, 1.165) is 11.3 Å². The van der Waals surface area contributed by atoms with E-state index in [1.807, 2.05) is 0 Å². The van der Waals surface area contributed by atoms with Crippen molar-refractivity contribution in [2.24, 2.45) is 0 Å². The van der Waals surface area contributed by atoms with E-state index in [2.05, 4.69) is 15.0 Å². The number of nitrogens with zero attached hydrogens (tertiary/aromatic N) is 2. The van der Waals surface area contributed by atoms with Gasteiger partial charge in [-0.05, 0) is 0 Å².